The molecule has 0 unspecified atom stereocenters. The maximum Gasteiger partial charge on any atom is 0.417 e. The predicted molar refractivity (Wildman–Crippen MR) is 124 cm³/mol. The Morgan fingerprint density at radius 3 is 2.34 bits per heavy atom. The molecule has 0 bridgehead atoms. The number of alkyl halides is 3. The number of urea groups is 1. The highest BCUT2D eigenvalue weighted by molar-refractivity contribution is 6.31. The maximum atomic E-state index is 13.0. The molecule has 3 aromatic rings. The summed E-state index contributed by atoms with van der Waals surface area (Å²) in [6, 6.07) is 9.83. The van der Waals surface area contributed by atoms with Crippen LogP contribution in [0.25, 0.3) is 0 Å². The Hall–Kier alpha value is -3.61. The van der Waals surface area contributed by atoms with Crippen molar-refractivity contribution in [1.29, 1.82) is 0 Å². The molecule has 2 aromatic carbocycles. The molecule has 2 amide bonds. The first-order valence-electron chi connectivity index (χ1n) is 10.1. The standard InChI is InChI=1S/C22H21ClF3N5O4/c1-12(32)21(2,34)31-19-27-10-9-18(30-19)35-15-6-3-13(4-7-15)28-20(33)29-14-5-8-17(23)16(11-14)22(24,25)26/h3-12,32,34H,1-2H3,(H,27,30,31)(H2,28,29,33)/t12-,21-/m0/s1. The van der Waals surface area contributed by atoms with Gasteiger partial charge in [0.25, 0.3) is 0 Å². The molecule has 0 aliphatic heterocycles. The topological polar surface area (TPSA) is 129 Å². The number of rotatable bonds is 7. The summed E-state index contributed by atoms with van der Waals surface area (Å²) in [7, 11) is 0. The largest absolute Gasteiger partial charge is 0.439 e. The van der Waals surface area contributed by atoms with Crippen LogP contribution in [0.2, 0.25) is 5.02 Å². The second kappa shape index (κ2) is 10.3. The van der Waals surface area contributed by atoms with Gasteiger partial charge in [-0.1, -0.05) is 11.6 Å². The number of halogens is 4. The van der Waals surface area contributed by atoms with Crippen LogP contribution < -0.4 is 20.7 Å². The van der Waals surface area contributed by atoms with Crippen molar-refractivity contribution in [2.75, 3.05) is 16.0 Å². The molecule has 186 valence electrons. The fraction of sp³-hybridized carbons (Fsp3) is 0.227. The zero-order valence-corrected chi connectivity index (χ0v) is 19.1. The molecule has 0 fully saturated rings. The lowest BCUT2D eigenvalue weighted by molar-refractivity contribution is -0.137. The lowest BCUT2D eigenvalue weighted by Gasteiger charge is -2.27. The van der Waals surface area contributed by atoms with E-state index in [-0.39, 0.29) is 17.5 Å². The first-order chi connectivity index (χ1) is 16.3. The zero-order valence-electron chi connectivity index (χ0n) is 18.4. The predicted octanol–water partition coefficient (Wildman–Crippen LogP) is 5.09. The molecule has 0 aliphatic rings. The quantitative estimate of drug-likeness (QED) is 0.279. The van der Waals surface area contributed by atoms with Gasteiger partial charge in [0.2, 0.25) is 11.8 Å². The Balaban J connectivity index is 1.61. The van der Waals surface area contributed by atoms with E-state index in [0.29, 0.717) is 11.4 Å². The third-order valence-electron chi connectivity index (χ3n) is 4.67. The number of aliphatic hydroxyl groups excluding tert-OH is 1. The van der Waals surface area contributed by atoms with Crippen molar-refractivity contribution in [3.8, 4) is 11.6 Å². The van der Waals surface area contributed by atoms with Gasteiger partial charge in [-0.05, 0) is 56.3 Å². The van der Waals surface area contributed by atoms with E-state index in [2.05, 4.69) is 25.9 Å². The Bertz CT molecular complexity index is 1190. The second-order valence-electron chi connectivity index (χ2n) is 7.56. The normalized spacial score (nSPS) is 13.9. The molecule has 9 nitrogen and oxygen atoms in total. The van der Waals surface area contributed by atoms with E-state index < -0.39 is 34.6 Å². The number of amides is 2. The summed E-state index contributed by atoms with van der Waals surface area (Å²) in [5.41, 5.74) is -2.46. The summed E-state index contributed by atoms with van der Waals surface area (Å²) in [5, 5.41) is 26.6. The van der Waals surface area contributed by atoms with Crippen LogP contribution in [0.4, 0.5) is 35.3 Å². The monoisotopic (exact) mass is 511 g/mol. The van der Waals surface area contributed by atoms with Gasteiger partial charge in [-0.15, -0.1) is 0 Å². The average molecular weight is 512 g/mol. The molecule has 1 aromatic heterocycles. The van der Waals surface area contributed by atoms with Crippen molar-refractivity contribution in [1.82, 2.24) is 9.97 Å². The molecular formula is C22H21ClF3N5O4. The summed E-state index contributed by atoms with van der Waals surface area (Å²) < 4.78 is 44.6. The number of carbonyl (C=O) groups excluding carboxylic acids is 1. The SMILES string of the molecule is C[C@H](O)[C@](C)(O)Nc1nccc(Oc2ccc(NC(=O)Nc3ccc(Cl)c(C(F)(F)F)c3)cc2)n1. The van der Waals surface area contributed by atoms with Crippen molar-refractivity contribution >= 4 is 35.0 Å². The molecule has 0 saturated carbocycles. The highest BCUT2D eigenvalue weighted by Gasteiger charge is 2.33. The number of carbonyl (C=O) groups is 1. The molecular weight excluding hydrogens is 491 g/mol. The van der Waals surface area contributed by atoms with E-state index in [9.17, 15) is 28.2 Å². The number of ether oxygens (including phenoxy) is 1. The number of aromatic nitrogens is 2. The van der Waals surface area contributed by atoms with Crippen molar-refractivity contribution in [3.05, 3.63) is 65.3 Å². The number of nitrogens with one attached hydrogen (secondary N) is 3. The van der Waals surface area contributed by atoms with Crippen LogP contribution in [0.15, 0.2) is 54.7 Å². The summed E-state index contributed by atoms with van der Waals surface area (Å²) in [6.07, 6.45) is -4.36. The summed E-state index contributed by atoms with van der Waals surface area (Å²) in [5.74, 6) is 0.528. The minimum absolute atomic E-state index is 0.0271. The van der Waals surface area contributed by atoms with Crippen molar-refractivity contribution in [2.45, 2.75) is 31.9 Å². The van der Waals surface area contributed by atoms with E-state index in [1.807, 2.05) is 0 Å². The van der Waals surface area contributed by atoms with Crippen LogP contribution >= 0.6 is 11.6 Å². The van der Waals surface area contributed by atoms with Crippen LogP contribution in [-0.2, 0) is 6.18 Å². The van der Waals surface area contributed by atoms with Crippen molar-refractivity contribution < 1.29 is 32.9 Å². The van der Waals surface area contributed by atoms with E-state index >= 15 is 0 Å². The highest BCUT2D eigenvalue weighted by Crippen LogP contribution is 2.36. The van der Waals surface area contributed by atoms with Gasteiger partial charge in [-0.3, -0.25) is 0 Å². The number of hydrogen-bond donors (Lipinski definition) is 5. The Morgan fingerprint density at radius 1 is 1.09 bits per heavy atom. The average Bonchev–Trinajstić information content (AvgIpc) is 2.75. The van der Waals surface area contributed by atoms with Gasteiger partial charge in [0.05, 0.1) is 16.7 Å². The summed E-state index contributed by atoms with van der Waals surface area (Å²) in [6.45, 7) is 2.76. The van der Waals surface area contributed by atoms with Gasteiger partial charge in [0.15, 0.2) is 5.72 Å². The molecule has 1 heterocycles. The Kier molecular flexibility index (Phi) is 7.68. The lowest BCUT2D eigenvalue weighted by Crippen LogP contribution is -2.45. The van der Waals surface area contributed by atoms with Crippen LogP contribution in [0.3, 0.4) is 0 Å². The summed E-state index contributed by atoms with van der Waals surface area (Å²) >= 11 is 5.58. The van der Waals surface area contributed by atoms with Crippen LogP contribution in [0.1, 0.15) is 19.4 Å². The van der Waals surface area contributed by atoms with Gasteiger partial charge in [0, 0.05) is 23.6 Å². The Labute approximate surface area is 202 Å². The smallest absolute Gasteiger partial charge is 0.417 e. The number of hydrogen-bond acceptors (Lipinski definition) is 7. The van der Waals surface area contributed by atoms with E-state index in [1.54, 1.807) is 0 Å². The van der Waals surface area contributed by atoms with Gasteiger partial charge in [-0.25, -0.2) is 9.78 Å². The van der Waals surface area contributed by atoms with E-state index in [0.717, 1.165) is 12.1 Å². The number of aliphatic hydroxyl groups is 2. The minimum atomic E-state index is -4.66. The summed E-state index contributed by atoms with van der Waals surface area (Å²) in [4.78, 5) is 20.2. The molecule has 5 N–H and O–H groups in total. The third-order valence-corrected chi connectivity index (χ3v) is 5.00. The molecule has 3 rings (SSSR count). The number of anilines is 3. The highest BCUT2D eigenvalue weighted by atomic mass is 35.5. The van der Waals surface area contributed by atoms with Gasteiger partial charge < -0.3 is 30.9 Å². The molecule has 0 saturated heterocycles. The van der Waals surface area contributed by atoms with Gasteiger partial charge >= 0.3 is 12.2 Å². The molecule has 13 heteroatoms. The first kappa shape index (κ1) is 26.0. The van der Waals surface area contributed by atoms with Gasteiger partial charge in [0.1, 0.15) is 5.75 Å². The molecule has 0 aliphatic carbocycles. The second-order valence-corrected chi connectivity index (χ2v) is 7.97. The molecule has 35 heavy (non-hydrogen) atoms. The first-order valence-corrected chi connectivity index (χ1v) is 10.5. The zero-order chi connectivity index (χ0) is 25.8. The van der Waals surface area contributed by atoms with E-state index in [1.165, 1.54) is 56.4 Å². The lowest BCUT2D eigenvalue weighted by atomic mass is 10.1. The third kappa shape index (κ3) is 7.18. The van der Waals surface area contributed by atoms with E-state index in [4.69, 9.17) is 16.3 Å². The number of benzene rings is 2. The van der Waals surface area contributed by atoms with Crippen LogP contribution in [0.5, 0.6) is 11.6 Å². The Morgan fingerprint density at radius 2 is 1.71 bits per heavy atom. The minimum Gasteiger partial charge on any atom is -0.439 e. The fourth-order valence-corrected chi connectivity index (χ4v) is 2.86. The van der Waals surface area contributed by atoms with Crippen LogP contribution in [-0.4, -0.2) is 38.0 Å². The van der Waals surface area contributed by atoms with Crippen molar-refractivity contribution in [2.24, 2.45) is 0 Å². The maximum absolute atomic E-state index is 13.0. The van der Waals surface area contributed by atoms with Crippen LogP contribution in [0, 0.1) is 0 Å². The number of nitrogens with zero attached hydrogens (tertiary/aromatic N) is 2. The fourth-order valence-electron chi connectivity index (χ4n) is 2.63. The molecule has 0 radical (unpaired) electrons. The molecule has 0 spiro atoms. The van der Waals surface area contributed by atoms with Gasteiger partial charge in [-0.2, -0.15) is 18.2 Å². The molecule has 2 atom stereocenters. The van der Waals surface area contributed by atoms with Crippen molar-refractivity contribution in [3.63, 3.8) is 0 Å².